The van der Waals surface area contributed by atoms with E-state index in [-0.39, 0.29) is 0 Å². The molecular weight excluding hydrogens is 148 g/mol. The minimum Gasteiger partial charge on any atom is -0.326 e. The molecule has 0 radical (unpaired) electrons. The van der Waals surface area contributed by atoms with Gasteiger partial charge in [0.2, 0.25) is 0 Å². The molecule has 12 heavy (non-hydrogen) atoms. The average Bonchev–Trinajstić information content (AvgIpc) is 2.36. The normalized spacial score (nSPS) is 28.2. The Bertz CT molecular complexity index is 134. The fraction of sp³-hybridized carbons (Fsp3) is 1.00. The summed E-state index contributed by atoms with van der Waals surface area (Å²) in [6, 6.07) is 1.11. The Morgan fingerprint density at radius 2 is 2.17 bits per heavy atom. The van der Waals surface area contributed by atoms with E-state index >= 15 is 0 Å². The van der Waals surface area contributed by atoms with Gasteiger partial charge in [-0.3, -0.25) is 4.90 Å². The van der Waals surface area contributed by atoms with Gasteiger partial charge in [-0.1, -0.05) is 13.8 Å². The first-order chi connectivity index (χ1) is 5.61. The Morgan fingerprint density at radius 1 is 1.50 bits per heavy atom. The summed E-state index contributed by atoms with van der Waals surface area (Å²) >= 11 is 0. The van der Waals surface area contributed by atoms with Crippen LogP contribution in [0.2, 0.25) is 0 Å². The molecule has 2 nitrogen and oxygen atoms in total. The summed E-state index contributed by atoms with van der Waals surface area (Å²) in [7, 11) is 0. The molecule has 1 saturated heterocycles. The number of nitrogens with zero attached hydrogens (tertiary/aromatic N) is 1. The second-order valence-corrected chi connectivity index (χ2v) is 4.39. The molecule has 0 aromatic heterocycles. The molecule has 1 aliphatic rings. The minimum atomic E-state index is 0.352. The largest absolute Gasteiger partial charge is 0.326 e. The van der Waals surface area contributed by atoms with E-state index in [1.807, 2.05) is 0 Å². The molecule has 1 aliphatic heterocycles. The minimum absolute atomic E-state index is 0.352. The number of rotatable bonds is 3. The third-order valence-electron chi connectivity index (χ3n) is 2.99. The summed E-state index contributed by atoms with van der Waals surface area (Å²) in [5.41, 5.74) is 6.02. The van der Waals surface area contributed by atoms with Crippen LogP contribution < -0.4 is 5.73 Å². The zero-order valence-corrected chi connectivity index (χ0v) is 8.59. The molecule has 0 aliphatic carbocycles. The van der Waals surface area contributed by atoms with E-state index in [4.69, 9.17) is 5.73 Å². The summed E-state index contributed by atoms with van der Waals surface area (Å²) in [5, 5.41) is 0. The van der Waals surface area contributed by atoms with Crippen LogP contribution in [-0.4, -0.2) is 30.1 Å². The van der Waals surface area contributed by atoms with E-state index < -0.39 is 0 Å². The SMILES string of the molecule is CC(C)C(N)CN1CCCC1C. The molecule has 0 bridgehead atoms. The Kier molecular flexibility index (Phi) is 3.53. The second kappa shape index (κ2) is 4.24. The highest BCUT2D eigenvalue weighted by molar-refractivity contribution is 4.79. The Hall–Kier alpha value is -0.0800. The van der Waals surface area contributed by atoms with Gasteiger partial charge in [0.1, 0.15) is 0 Å². The first-order valence-corrected chi connectivity index (χ1v) is 5.11. The zero-order valence-electron chi connectivity index (χ0n) is 8.59. The summed E-state index contributed by atoms with van der Waals surface area (Å²) in [6.07, 6.45) is 2.71. The van der Waals surface area contributed by atoms with Gasteiger partial charge >= 0.3 is 0 Å². The van der Waals surface area contributed by atoms with Crippen molar-refractivity contribution in [3.8, 4) is 0 Å². The van der Waals surface area contributed by atoms with Crippen LogP contribution in [0.5, 0.6) is 0 Å². The number of nitrogens with two attached hydrogens (primary N) is 1. The number of hydrogen-bond acceptors (Lipinski definition) is 2. The van der Waals surface area contributed by atoms with Crippen molar-refractivity contribution >= 4 is 0 Å². The van der Waals surface area contributed by atoms with Gasteiger partial charge in [-0.15, -0.1) is 0 Å². The van der Waals surface area contributed by atoms with E-state index in [0.29, 0.717) is 12.0 Å². The molecule has 2 heteroatoms. The third kappa shape index (κ3) is 2.46. The van der Waals surface area contributed by atoms with Crippen molar-refractivity contribution in [1.82, 2.24) is 4.90 Å². The molecule has 0 saturated carbocycles. The lowest BCUT2D eigenvalue weighted by Crippen LogP contribution is -2.41. The monoisotopic (exact) mass is 170 g/mol. The molecule has 0 spiro atoms. The molecular formula is C10H22N2. The summed E-state index contributed by atoms with van der Waals surface area (Å²) in [6.45, 7) is 9.04. The van der Waals surface area contributed by atoms with Gasteiger partial charge in [-0.05, 0) is 32.2 Å². The van der Waals surface area contributed by atoms with Crippen LogP contribution in [0, 0.1) is 5.92 Å². The van der Waals surface area contributed by atoms with Gasteiger partial charge in [0.15, 0.2) is 0 Å². The maximum atomic E-state index is 6.02. The van der Waals surface area contributed by atoms with Crippen molar-refractivity contribution in [2.24, 2.45) is 11.7 Å². The highest BCUT2D eigenvalue weighted by atomic mass is 15.2. The van der Waals surface area contributed by atoms with Crippen LogP contribution in [-0.2, 0) is 0 Å². The molecule has 0 amide bonds. The lowest BCUT2D eigenvalue weighted by molar-refractivity contribution is 0.233. The van der Waals surface area contributed by atoms with Gasteiger partial charge in [-0.25, -0.2) is 0 Å². The predicted octanol–water partition coefficient (Wildman–Crippen LogP) is 1.45. The van der Waals surface area contributed by atoms with E-state index in [2.05, 4.69) is 25.7 Å². The third-order valence-corrected chi connectivity index (χ3v) is 2.99. The van der Waals surface area contributed by atoms with E-state index in [0.717, 1.165) is 12.6 Å². The Morgan fingerprint density at radius 3 is 2.58 bits per heavy atom. The van der Waals surface area contributed by atoms with Crippen molar-refractivity contribution in [3.63, 3.8) is 0 Å². The first kappa shape index (κ1) is 10.0. The highest BCUT2D eigenvalue weighted by Crippen LogP contribution is 2.17. The fourth-order valence-corrected chi connectivity index (χ4v) is 1.75. The van der Waals surface area contributed by atoms with Crippen LogP contribution >= 0.6 is 0 Å². The molecule has 2 N–H and O–H groups in total. The molecule has 0 aromatic rings. The number of likely N-dealkylation sites (tertiary alicyclic amines) is 1. The van der Waals surface area contributed by atoms with Crippen molar-refractivity contribution in [2.75, 3.05) is 13.1 Å². The van der Waals surface area contributed by atoms with E-state index in [1.54, 1.807) is 0 Å². The van der Waals surface area contributed by atoms with Crippen LogP contribution in [0.4, 0.5) is 0 Å². The second-order valence-electron chi connectivity index (χ2n) is 4.39. The van der Waals surface area contributed by atoms with Gasteiger partial charge in [0, 0.05) is 18.6 Å². The summed E-state index contributed by atoms with van der Waals surface area (Å²) < 4.78 is 0. The highest BCUT2D eigenvalue weighted by Gasteiger charge is 2.22. The van der Waals surface area contributed by atoms with Gasteiger partial charge in [0.05, 0.1) is 0 Å². The molecule has 1 fully saturated rings. The average molecular weight is 170 g/mol. The number of hydrogen-bond donors (Lipinski definition) is 1. The zero-order chi connectivity index (χ0) is 9.14. The van der Waals surface area contributed by atoms with Crippen LogP contribution in [0.15, 0.2) is 0 Å². The Balaban J connectivity index is 2.30. The lowest BCUT2D eigenvalue weighted by Gasteiger charge is -2.26. The van der Waals surface area contributed by atoms with Crippen molar-refractivity contribution < 1.29 is 0 Å². The van der Waals surface area contributed by atoms with Crippen LogP contribution in [0.3, 0.4) is 0 Å². The molecule has 72 valence electrons. The van der Waals surface area contributed by atoms with Crippen molar-refractivity contribution in [1.29, 1.82) is 0 Å². The van der Waals surface area contributed by atoms with E-state index in [1.165, 1.54) is 19.4 Å². The van der Waals surface area contributed by atoms with Crippen molar-refractivity contribution in [2.45, 2.75) is 45.7 Å². The van der Waals surface area contributed by atoms with Gasteiger partial charge < -0.3 is 5.73 Å². The predicted molar refractivity (Wildman–Crippen MR) is 53.1 cm³/mol. The quantitative estimate of drug-likeness (QED) is 0.694. The molecule has 1 heterocycles. The fourth-order valence-electron chi connectivity index (χ4n) is 1.75. The standard InChI is InChI=1S/C10H22N2/c1-8(2)10(11)7-12-6-4-5-9(12)3/h8-10H,4-7,11H2,1-3H3. The van der Waals surface area contributed by atoms with E-state index in [9.17, 15) is 0 Å². The lowest BCUT2D eigenvalue weighted by atomic mass is 10.1. The van der Waals surface area contributed by atoms with Gasteiger partial charge in [-0.2, -0.15) is 0 Å². The molecule has 2 unspecified atom stereocenters. The van der Waals surface area contributed by atoms with Crippen LogP contribution in [0.25, 0.3) is 0 Å². The summed E-state index contributed by atoms with van der Waals surface area (Å²) in [4.78, 5) is 2.52. The Labute approximate surface area is 76.1 Å². The first-order valence-electron chi connectivity index (χ1n) is 5.11. The van der Waals surface area contributed by atoms with Crippen LogP contribution in [0.1, 0.15) is 33.6 Å². The maximum Gasteiger partial charge on any atom is 0.0191 e. The molecule has 2 atom stereocenters. The topological polar surface area (TPSA) is 29.3 Å². The maximum absolute atomic E-state index is 6.02. The van der Waals surface area contributed by atoms with Gasteiger partial charge in [0.25, 0.3) is 0 Å². The molecule has 1 rings (SSSR count). The smallest absolute Gasteiger partial charge is 0.0191 e. The molecule has 0 aromatic carbocycles. The van der Waals surface area contributed by atoms with Crippen molar-refractivity contribution in [3.05, 3.63) is 0 Å². The summed E-state index contributed by atoms with van der Waals surface area (Å²) in [5.74, 6) is 0.609.